The van der Waals surface area contributed by atoms with E-state index in [2.05, 4.69) is 19.1 Å². The highest BCUT2D eigenvalue weighted by atomic mass is 16.5. The second-order valence-electron chi connectivity index (χ2n) is 7.06. The summed E-state index contributed by atoms with van der Waals surface area (Å²) in [7, 11) is 0. The van der Waals surface area contributed by atoms with Crippen molar-refractivity contribution in [1.29, 1.82) is 0 Å². The standard InChI is InChI=1S/C25H32O5/c1-3-7-20(8-6-11-25(28)29-4-2)21-9-5-10-24(15-21)30-18-19-12-13-22(16-26)23(14-19)17-27/h5,8-10,12-15,26-27H,3-4,6-7,11,16-18H2,1-2H3/b20-8-. The number of hydrogen-bond acceptors (Lipinski definition) is 5. The third-order valence-electron chi connectivity index (χ3n) is 4.79. The van der Waals surface area contributed by atoms with Crippen molar-refractivity contribution in [2.24, 2.45) is 0 Å². The predicted octanol–water partition coefficient (Wildman–Crippen LogP) is 4.78. The van der Waals surface area contributed by atoms with Gasteiger partial charge in [-0.15, -0.1) is 0 Å². The van der Waals surface area contributed by atoms with Gasteiger partial charge in [-0.25, -0.2) is 0 Å². The van der Waals surface area contributed by atoms with Crippen LogP contribution in [0.1, 0.15) is 61.8 Å². The minimum atomic E-state index is -0.170. The summed E-state index contributed by atoms with van der Waals surface area (Å²) in [5.74, 6) is 0.591. The molecule has 0 bridgehead atoms. The van der Waals surface area contributed by atoms with Gasteiger partial charge in [-0.3, -0.25) is 4.79 Å². The molecule has 5 heteroatoms. The maximum atomic E-state index is 11.6. The van der Waals surface area contributed by atoms with Crippen LogP contribution in [0.4, 0.5) is 0 Å². The average Bonchev–Trinajstić information content (AvgIpc) is 2.77. The van der Waals surface area contributed by atoms with Gasteiger partial charge in [-0.2, -0.15) is 0 Å². The van der Waals surface area contributed by atoms with Gasteiger partial charge >= 0.3 is 5.97 Å². The molecule has 0 unspecified atom stereocenters. The molecule has 0 fully saturated rings. The van der Waals surface area contributed by atoms with Crippen LogP contribution in [-0.4, -0.2) is 22.8 Å². The molecule has 0 saturated heterocycles. The number of aliphatic hydroxyl groups excluding tert-OH is 2. The fraction of sp³-hybridized carbons (Fsp3) is 0.400. The van der Waals surface area contributed by atoms with E-state index in [4.69, 9.17) is 9.47 Å². The van der Waals surface area contributed by atoms with E-state index in [1.54, 1.807) is 0 Å². The van der Waals surface area contributed by atoms with Crippen molar-refractivity contribution in [2.45, 2.75) is 59.4 Å². The Hall–Kier alpha value is -2.63. The molecule has 0 spiro atoms. The number of benzene rings is 2. The largest absolute Gasteiger partial charge is 0.489 e. The summed E-state index contributed by atoms with van der Waals surface area (Å²) in [6.45, 7) is 4.52. The molecular formula is C25H32O5. The minimum Gasteiger partial charge on any atom is -0.489 e. The van der Waals surface area contributed by atoms with E-state index in [1.165, 1.54) is 5.57 Å². The molecule has 0 aliphatic heterocycles. The first kappa shape index (κ1) is 23.6. The Balaban J connectivity index is 2.06. The monoisotopic (exact) mass is 412 g/mol. The van der Waals surface area contributed by atoms with Crippen molar-refractivity contribution in [3.63, 3.8) is 0 Å². The zero-order valence-corrected chi connectivity index (χ0v) is 17.9. The van der Waals surface area contributed by atoms with Crippen LogP contribution in [0, 0.1) is 0 Å². The molecule has 0 aromatic heterocycles. The zero-order chi connectivity index (χ0) is 21.8. The lowest BCUT2D eigenvalue weighted by Crippen LogP contribution is -2.02. The van der Waals surface area contributed by atoms with Crippen LogP contribution < -0.4 is 4.74 Å². The van der Waals surface area contributed by atoms with Crippen LogP contribution in [0.5, 0.6) is 5.75 Å². The maximum Gasteiger partial charge on any atom is 0.306 e. The van der Waals surface area contributed by atoms with Crippen molar-refractivity contribution in [3.05, 3.63) is 70.8 Å². The van der Waals surface area contributed by atoms with Crippen LogP contribution in [0.2, 0.25) is 0 Å². The fourth-order valence-electron chi connectivity index (χ4n) is 3.25. The topological polar surface area (TPSA) is 76.0 Å². The number of carbonyl (C=O) groups is 1. The lowest BCUT2D eigenvalue weighted by atomic mass is 9.99. The van der Waals surface area contributed by atoms with E-state index in [1.807, 2.05) is 43.3 Å². The summed E-state index contributed by atoms with van der Waals surface area (Å²) >= 11 is 0. The summed E-state index contributed by atoms with van der Waals surface area (Å²) in [5, 5.41) is 18.8. The van der Waals surface area contributed by atoms with Crippen molar-refractivity contribution < 1.29 is 24.5 Å². The number of ether oxygens (including phenoxy) is 2. The second kappa shape index (κ2) is 12.8. The van der Waals surface area contributed by atoms with Crippen LogP contribution >= 0.6 is 0 Å². The Morgan fingerprint density at radius 1 is 1.00 bits per heavy atom. The van der Waals surface area contributed by atoms with Gasteiger partial charge in [-0.05, 0) is 65.8 Å². The normalized spacial score (nSPS) is 11.4. The number of carbonyl (C=O) groups excluding carboxylic acids is 1. The third kappa shape index (κ3) is 7.32. The lowest BCUT2D eigenvalue weighted by molar-refractivity contribution is -0.142. The molecule has 162 valence electrons. The third-order valence-corrected chi connectivity index (χ3v) is 4.79. The Labute approximate surface area is 179 Å². The van der Waals surface area contributed by atoms with E-state index < -0.39 is 0 Å². The minimum absolute atomic E-state index is 0.0955. The highest BCUT2D eigenvalue weighted by molar-refractivity contribution is 5.71. The molecule has 0 amide bonds. The van der Waals surface area contributed by atoms with E-state index in [9.17, 15) is 15.0 Å². The molecule has 0 heterocycles. The highest BCUT2D eigenvalue weighted by Gasteiger charge is 2.07. The molecule has 2 N–H and O–H groups in total. The Morgan fingerprint density at radius 3 is 2.50 bits per heavy atom. The SMILES string of the molecule is CCC/C(=C/CCC(=O)OCC)c1cccc(OCc2ccc(CO)c(CO)c2)c1. The van der Waals surface area contributed by atoms with Crippen LogP contribution in [0.25, 0.3) is 5.57 Å². The van der Waals surface area contributed by atoms with E-state index >= 15 is 0 Å². The number of esters is 1. The average molecular weight is 413 g/mol. The molecule has 2 aromatic carbocycles. The molecule has 0 radical (unpaired) electrons. The van der Waals surface area contributed by atoms with Gasteiger partial charge in [0.25, 0.3) is 0 Å². The fourth-order valence-corrected chi connectivity index (χ4v) is 3.25. The summed E-state index contributed by atoms with van der Waals surface area (Å²) in [4.78, 5) is 11.6. The Morgan fingerprint density at radius 2 is 1.80 bits per heavy atom. The van der Waals surface area contributed by atoms with Gasteiger partial charge in [0.2, 0.25) is 0 Å². The van der Waals surface area contributed by atoms with Crippen molar-refractivity contribution in [3.8, 4) is 5.75 Å². The molecule has 0 aliphatic rings. The van der Waals surface area contributed by atoms with E-state index in [0.717, 1.165) is 35.3 Å². The number of hydrogen-bond donors (Lipinski definition) is 2. The molecule has 0 aliphatic carbocycles. The Bertz CT molecular complexity index is 841. The lowest BCUT2D eigenvalue weighted by Gasteiger charge is -2.12. The van der Waals surface area contributed by atoms with Crippen LogP contribution in [-0.2, 0) is 29.4 Å². The van der Waals surface area contributed by atoms with Gasteiger partial charge in [0.1, 0.15) is 12.4 Å². The second-order valence-corrected chi connectivity index (χ2v) is 7.06. The summed E-state index contributed by atoms with van der Waals surface area (Å²) in [6.07, 6.45) is 5.08. The van der Waals surface area contributed by atoms with Crippen LogP contribution in [0.3, 0.4) is 0 Å². The van der Waals surface area contributed by atoms with Crippen LogP contribution in [0.15, 0.2) is 48.5 Å². The first-order valence-corrected chi connectivity index (χ1v) is 10.5. The smallest absolute Gasteiger partial charge is 0.306 e. The quantitative estimate of drug-likeness (QED) is 0.491. The Kier molecular flexibility index (Phi) is 10.1. The maximum absolute atomic E-state index is 11.6. The van der Waals surface area contributed by atoms with Gasteiger partial charge < -0.3 is 19.7 Å². The molecular weight excluding hydrogens is 380 g/mol. The van der Waals surface area contributed by atoms with Gasteiger partial charge in [0, 0.05) is 6.42 Å². The molecule has 30 heavy (non-hydrogen) atoms. The van der Waals surface area contributed by atoms with Crippen molar-refractivity contribution in [1.82, 2.24) is 0 Å². The molecule has 2 rings (SSSR count). The number of rotatable bonds is 12. The van der Waals surface area contributed by atoms with Gasteiger partial charge in [0.15, 0.2) is 0 Å². The van der Waals surface area contributed by atoms with E-state index in [-0.39, 0.29) is 19.2 Å². The molecule has 0 atom stereocenters. The highest BCUT2D eigenvalue weighted by Crippen LogP contribution is 2.25. The van der Waals surface area contributed by atoms with Gasteiger partial charge in [-0.1, -0.05) is 43.7 Å². The zero-order valence-electron chi connectivity index (χ0n) is 17.9. The summed E-state index contributed by atoms with van der Waals surface area (Å²) < 4.78 is 11.0. The predicted molar refractivity (Wildman–Crippen MR) is 118 cm³/mol. The molecule has 2 aromatic rings. The van der Waals surface area contributed by atoms with Gasteiger partial charge in [0.05, 0.1) is 19.8 Å². The first-order chi connectivity index (χ1) is 14.6. The van der Waals surface area contributed by atoms with E-state index in [0.29, 0.717) is 31.6 Å². The van der Waals surface area contributed by atoms with Crippen molar-refractivity contribution >= 4 is 11.5 Å². The summed E-state index contributed by atoms with van der Waals surface area (Å²) in [5.41, 5.74) is 4.65. The molecule has 0 saturated carbocycles. The first-order valence-electron chi connectivity index (χ1n) is 10.5. The summed E-state index contributed by atoms with van der Waals surface area (Å²) in [6, 6.07) is 13.5. The van der Waals surface area contributed by atoms with Crippen molar-refractivity contribution in [2.75, 3.05) is 6.61 Å². The number of aliphatic hydroxyl groups is 2. The molecule has 5 nitrogen and oxygen atoms in total. The number of allylic oxidation sites excluding steroid dienone is 2.